The van der Waals surface area contributed by atoms with Crippen molar-refractivity contribution in [3.8, 4) is 17.0 Å². The van der Waals surface area contributed by atoms with Crippen molar-refractivity contribution in [2.75, 3.05) is 26.3 Å². The summed E-state index contributed by atoms with van der Waals surface area (Å²) >= 11 is 0. The van der Waals surface area contributed by atoms with E-state index in [0.29, 0.717) is 18.6 Å². The third-order valence-electron chi connectivity index (χ3n) is 7.66. The van der Waals surface area contributed by atoms with Crippen LogP contribution in [-0.4, -0.2) is 79.4 Å². The van der Waals surface area contributed by atoms with Crippen molar-refractivity contribution in [1.29, 1.82) is 0 Å². The molecule has 1 saturated heterocycles. The molecule has 2 heterocycles. The highest BCUT2D eigenvalue weighted by Crippen LogP contribution is 2.35. The van der Waals surface area contributed by atoms with Gasteiger partial charge in [0.1, 0.15) is 18.1 Å². The number of rotatable bonds is 11. The van der Waals surface area contributed by atoms with Crippen molar-refractivity contribution in [3.05, 3.63) is 102 Å². The summed E-state index contributed by atoms with van der Waals surface area (Å²) in [6, 6.07) is 27.2. The summed E-state index contributed by atoms with van der Waals surface area (Å²) in [5, 5.41) is 27.5. The molecular weight excluding hydrogens is 518 g/mol. The van der Waals surface area contributed by atoms with E-state index in [4.69, 9.17) is 9.84 Å². The van der Waals surface area contributed by atoms with Gasteiger partial charge < -0.3 is 14.9 Å². The summed E-state index contributed by atoms with van der Waals surface area (Å²) in [4.78, 5) is 15.7. The van der Waals surface area contributed by atoms with Crippen LogP contribution in [0.15, 0.2) is 85.1 Å². The molecule has 4 aromatic rings. The molecule has 1 aromatic heterocycles. The van der Waals surface area contributed by atoms with E-state index >= 15 is 0 Å². The quantitative estimate of drug-likeness (QED) is 0.262. The normalized spacial score (nSPS) is 18.8. The van der Waals surface area contributed by atoms with Gasteiger partial charge in [-0.3, -0.25) is 9.80 Å². The van der Waals surface area contributed by atoms with E-state index in [2.05, 4.69) is 94.6 Å². The number of carboxylic acid groups (broad SMARTS) is 1. The van der Waals surface area contributed by atoms with Gasteiger partial charge in [-0.25, -0.2) is 9.48 Å². The Balaban J connectivity index is 1.34. The van der Waals surface area contributed by atoms with Gasteiger partial charge in [0, 0.05) is 37.3 Å². The maximum atomic E-state index is 10.6. The van der Waals surface area contributed by atoms with Crippen LogP contribution in [0.25, 0.3) is 11.3 Å². The van der Waals surface area contributed by atoms with Crippen molar-refractivity contribution in [2.24, 2.45) is 0 Å². The molecular formula is C32H37N5O4. The number of hydrogen-bond donors (Lipinski definition) is 2. The summed E-state index contributed by atoms with van der Waals surface area (Å²) in [6.45, 7) is 7.68. The Labute approximate surface area is 240 Å². The average molecular weight is 556 g/mol. The highest BCUT2D eigenvalue weighted by molar-refractivity contribution is 5.68. The molecule has 3 atom stereocenters. The number of carbonyl (C=O) groups is 1. The zero-order valence-electron chi connectivity index (χ0n) is 23.5. The molecule has 0 amide bonds. The van der Waals surface area contributed by atoms with Crippen LogP contribution < -0.4 is 0 Å². The number of aromatic hydroxyl groups is 1. The molecule has 214 valence electrons. The topological polar surface area (TPSA) is 104 Å². The number of phenols is 1. The second kappa shape index (κ2) is 13.1. The molecule has 5 rings (SSSR count). The van der Waals surface area contributed by atoms with Crippen LogP contribution in [0.1, 0.15) is 36.6 Å². The van der Waals surface area contributed by atoms with Gasteiger partial charge >= 0.3 is 5.97 Å². The van der Waals surface area contributed by atoms with Crippen molar-refractivity contribution in [3.63, 3.8) is 0 Å². The maximum Gasteiger partial charge on any atom is 0.329 e. The first-order valence-electron chi connectivity index (χ1n) is 14.0. The molecule has 0 spiro atoms. The molecule has 3 aromatic carbocycles. The number of carboxylic acids is 1. The van der Waals surface area contributed by atoms with Crippen molar-refractivity contribution in [2.45, 2.75) is 45.1 Å². The Kier molecular flexibility index (Phi) is 9.08. The van der Waals surface area contributed by atoms with Crippen LogP contribution in [0.3, 0.4) is 0 Å². The number of ether oxygens (including phenoxy) is 1. The lowest BCUT2D eigenvalue weighted by Gasteiger charge is -2.47. The van der Waals surface area contributed by atoms with Gasteiger partial charge in [-0.2, -0.15) is 0 Å². The molecule has 1 fully saturated rings. The highest BCUT2D eigenvalue weighted by Gasteiger charge is 2.35. The Morgan fingerprint density at radius 1 is 0.976 bits per heavy atom. The van der Waals surface area contributed by atoms with Crippen molar-refractivity contribution < 1.29 is 19.7 Å². The number of hydrogen-bond acceptors (Lipinski definition) is 7. The monoisotopic (exact) mass is 555 g/mol. The molecule has 0 bridgehead atoms. The zero-order chi connectivity index (χ0) is 28.8. The summed E-state index contributed by atoms with van der Waals surface area (Å²) < 4.78 is 6.75. The Morgan fingerprint density at radius 3 is 2.49 bits per heavy atom. The maximum absolute atomic E-state index is 10.6. The van der Waals surface area contributed by atoms with Gasteiger partial charge in [0.2, 0.25) is 0 Å². The predicted molar refractivity (Wildman–Crippen MR) is 156 cm³/mol. The Hall–Kier alpha value is -4.05. The molecule has 0 saturated carbocycles. The molecule has 1 aliphatic heterocycles. The highest BCUT2D eigenvalue weighted by atomic mass is 16.5. The van der Waals surface area contributed by atoms with Crippen LogP contribution in [0.2, 0.25) is 0 Å². The van der Waals surface area contributed by atoms with Crippen LogP contribution in [0.5, 0.6) is 5.75 Å². The number of piperazine rings is 1. The minimum Gasteiger partial charge on any atom is -0.508 e. The largest absolute Gasteiger partial charge is 0.508 e. The molecule has 1 aliphatic rings. The summed E-state index contributed by atoms with van der Waals surface area (Å²) in [5.74, 6) is -0.734. The SMILES string of the molecule is C[C@@H]1CN([C@H](c2ccc(-c3cn(CCOCC(=O)O)nn3)cc2)c2cccc(O)c2)[C@@H](C)CN1Cc1ccccc1. The lowest BCUT2D eigenvalue weighted by molar-refractivity contribution is -0.142. The fraction of sp³-hybridized carbons (Fsp3) is 0.344. The van der Waals surface area contributed by atoms with Gasteiger partial charge in [0.15, 0.2) is 0 Å². The standard InChI is InChI=1S/C32H37N5O4/c1-23-19-37(24(2)18-35(23)20-25-7-4-3-5-8-25)32(28-9-6-10-29(38)17-28)27-13-11-26(12-14-27)30-21-36(34-33-30)15-16-41-22-31(39)40/h3-14,17,21,23-24,32,38H,15-16,18-20,22H2,1-2H3,(H,39,40)/t23-,24+,32-/m1/s1. The van der Waals surface area contributed by atoms with E-state index in [1.807, 2.05) is 18.3 Å². The third-order valence-corrected chi connectivity index (χ3v) is 7.66. The van der Waals surface area contributed by atoms with E-state index in [1.165, 1.54) is 5.56 Å². The summed E-state index contributed by atoms with van der Waals surface area (Å²) in [6.07, 6.45) is 1.83. The van der Waals surface area contributed by atoms with E-state index in [-0.39, 0.29) is 25.0 Å². The van der Waals surface area contributed by atoms with Crippen molar-refractivity contribution >= 4 is 5.97 Å². The molecule has 9 heteroatoms. The molecule has 41 heavy (non-hydrogen) atoms. The molecule has 9 nitrogen and oxygen atoms in total. The number of aliphatic carboxylic acids is 1. The van der Waals surface area contributed by atoms with Gasteiger partial charge in [0.05, 0.1) is 25.4 Å². The number of benzene rings is 3. The first-order chi connectivity index (χ1) is 19.9. The van der Waals surface area contributed by atoms with Gasteiger partial charge in [-0.1, -0.05) is 71.9 Å². The average Bonchev–Trinajstić information content (AvgIpc) is 3.44. The first kappa shape index (κ1) is 28.5. The first-order valence-corrected chi connectivity index (χ1v) is 14.0. The Morgan fingerprint density at radius 2 is 1.76 bits per heavy atom. The lowest BCUT2D eigenvalue weighted by Crippen LogP contribution is -2.56. The Bertz CT molecular complexity index is 1430. The number of aromatic nitrogens is 3. The van der Waals surface area contributed by atoms with E-state index in [0.717, 1.165) is 42.0 Å². The number of phenolic OH excluding ortho intramolecular Hbond substituents is 1. The fourth-order valence-corrected chi connectivity index (χ4v) is 5.59. The summed E-state index contributed by atoms with van der Waals surface area (Å²) in [5.41, 5.74) is 5.20. The van der Waals surface area contributed by atoms with E-state index in [1.54, 1.807) is 10.7 Å². The lowest BCUT2D eigenvalue weighted by atomic mass is 9.92. The fourth-order valence-electron chi connectivity index (χ4n) is 5.59. The van der Waals surface area contributed by atoms with E-state index < -0.39 is 5.97 Å². The second-order valence-corrected chi connectivity index (χ2v) is 10.7. The van der Waals surface area contributed by atoms with E-state index in [9.17, 15) is 9.90 Å². The van der Waals surface area contributed by atoms with Gasteiger partial charge in [-0.15, -0.1) is 5.10 Å². The zero-order valence-corrected chi connectivity index (χ0v) is 23.5. The predicted octanol–water partition coefficient (Wildman–Crippen LogP) is 4.44. The number of nitrogens with zero attached hydrogens (tertiary/aromatic N) is 5. The minimum atomic E-state index is -0.994. The second-order valence-electron chi connectivity index (χ2n) is 10.7. The van der Waals surface area contributed by atoms with Gasteiger partial charge in [-0.05, 0) is 42.7 Å². The van der Waals surface area contributed by atoms with Crippen LogP contribution >= 0.6 is 0 Å². The van der Waals surface area contributed by atoms with Gasteiger partial charge in [0.25, 0.3) is 0 Å². The van der Waals surface area contributed by atoms with Crippen LogP contribution in [0.4, 0.5) is 0 Å². The summed E-state index contributed by atoms with van der Waals surface area (Å²) in [7, 11) is 0. The molecule has 0 radical (unpaired) electrons. The molecule has 0 unspecified atom stereocenters. The smallest absolute Gasteiger partial charge is 0.329 e. The third kappa shape index (κ3) is 7.18. The molecule has 0 aliphatic carbocycles. The van der Waals surface area contributed by atoms with Crippen LogP contribution in [-0.2, 0) is 22.6 Å². The van der Waals surface area contributed by atoms with Crippen molar-refractivity contribution in [1.82, 2.24) is 24.8 Å². The minimum absolute atomic E-state index is 0.0189. The van der Waals surface area contributed by atoms with Crippen LogP contribution in [0, 0.1) is 0 Å². The molecule has 2 N–H and O–H groups in total.